The fraction of sp³-hybridized carbons (Fsp3) is 0.333. The maximum absolute atomic E-state index is 8.84. The zero-order chi connectivity index (χ0) is 12.0. The minimum absolute atomic E-state index is 0.196. The summed E-state index contributed by atoms with van der Waals surface area (Å²) in [7, 11) is 1.51. The van der Waals surface area contributed by atoms with Crippen LogP contribution in [0.2, 0.25) is 0 Å². The highest BCUT2D eigenvalue weighted by Gasteiger charge is 2.12. The molecule has 16 heavy (non-hydrogen) atoms. The molecule has 0 saturated carbocycles. The predicted octanol–water partition coefficient (Wildman–Crippen LogP) is 2.03. The van der Waals surface area contributed by atoms with Gasteiger partial charge in [0.1, 0.15) is 0 Å². The molecule has 0 spiro atoms. The van der Waals surface area contributed by atoms with Crippen molar-refractivity contribution in [3.05, 3.63) is 23.3 Å². The highest BCUT2D eigenvalue weighted by molar-refractivity contribution is 5.53. The van der Waals surface area contributed by atoms with Crippen LogP contribution in [0.5, 0.6) is 11.5 Å². The normalized spacial score (nSPS) is 9.00. The monoisotopic (exact) mass is 216 g/mol. The smallest absolute Gasteiger partial charge is 0.165 e. The van der Waals surface area contributed by atoms with E-state index in [1.807, 2.05) is 19.1 Å². The van der Waals surface area contributed by atoms with E-state index in [0.29, 0.717) is 29.2 Å². The summed E-state index contributed by atoms with van der Waals surface area (Å²) in [5.41, 5.74) is 1.14. The van der Waals surface area contributed by atoms with Gasteiger partial charge in [-0.2, -0.15) is 10.5 Å². The van der Waals surface area contributed by atoms with Crippen molar-refractivity contribution in [1.29, 1.82) is 10.5 Å². The molecule has 0 aromatic heterocycles. The SMILES string of the molecule is CCOc1c(CC#N)cc(C#N)cc1OC. The maximum atomic E-state index is 8.84. The summed E-state index contributed by atoms with van der Waals surface area (Å²) in [5.74, 6) is 1.04. The lowest BCUT2D eigenvalue weighted by molar-refractivity contribution is 0.308. The average Bonchev–Trinajstić information content (AvgIpc) is 2.31. The summed E-state index contributed by atoms with van der Waals surface area (Å²) < 4.78 is 10.6. The van der Waals surface area contributed by atoms with E-state index in [1.54, 1.807) is 12.1 Å². The van der Waals surface area contributed by atoms with Crippen molar-refractivity contribution in [2.45, 2.75) is 13.3 Å². The highest BCUT2D eigenvalue weighted by Crippen LogP contribution is 2.33. The third-order valence-electron chi connectivity index (χ3n) is 2.04. The van der Waals surface area contributed by atoms with E-state index in [4.69, 9.17) is 20.0 Å². The van der Waals surface area contributed by atoms with E-state index >= 15 is 0 Å². The van der Waals surface area contributed by atoms with Crippen LogP contribution in [-0.4, -0.2) is 13.7 Å². The van der Waals surface area contributed by atoms with E-state index in [-0.39, 0.29) is 6.42 Å². The van der Waals surface area contributed by atoms with Crippen LogP contribution in [0.3, 0.4) is 0 Å². The van der Waals surface area contributed by atoms with Gasteiger partial charge in [0.15, 0.2) is 11.5 Å². The largest absolute Gasteiger partial charge is 0.493 e. The van der Waals surface area contributed by atoms with Crippen molar-refractivity contribution in [1.82, 2.24) is 0 Å². The van der Waals surface area contributed by atoms with Gasteiger partial charge in [-0.25, -0.2) is 0 Å². The van der Waals surface area contributed by atoms with Crippen LogP contribution in [0.25, 0.3) is 0 Å². The number of rotatable bonds is 4. The molecule has 1 aromatic rings. The topological polar surface area (TPSA) is 66.0 Å². The first kappa shape index (κ1) is 11.9. The molecule has 1 aromatic carbocycles. The van der Waals surface area contributed by atoms with E-state index in [9.17, 15) is 0 Å². The Balaban J connectivity index is 3.31. The van der Waals surface area contributed by atoms with Crippen molar-refractivity contribution >= 4 is 0 Å². The second-order valence-electron chi connectivity index (χ2n) is 3.05. The average molecular weight is 216 g/mol. The molecular weight excluding hydrogens is 204 g/mol. The van der Waals surface area contributed by atoms with Crippen molar-refractivity contribution in [2.24, 2.45) is 0 Å². The fourth-order valence-electron chi connectivity index (χ4n) is 1.40. The lowest BCUT2D eigenvalue weighted by atomic mass is 10.1. The first-order valence-electron chi connectivity index (χ1n) is 4.87. The van der Waals surface area contributed by atoms with Gasteiger partial charge in [-0.3, -0.25) is 0 Å². The van der Waals surface area contributed by atoms with Gasteiger partial charge in [0.25, 0.3) is 0 Å². The molecule has 0 amide bonds. The van der Waals surface area contributed by atoms with Gasteiger partial charge in [0, 0.05) is 11.6 Å². The molecule has 0 N–H and O–H groups in total. The molecular formula is C12H12N2O2. The van der Waals surface area contributed by atoms with E-state index in [1.165, 1.54) is 7.11 Å². The third kappa shape index (κ3) is 2.43. The van der Waals surface area contributed by atoms with Crippen molar-refractivity contribution in [3.8, 4) is 23.6 Å². The molecule has 82 valence electrons. The van der Waals surface area contributed by atoms with Gasteiger partial charge < -0.3 is 9.47 Å². The Hall–Kier alpha value is -2.20. The summed E-state index contributed by atoms with van der Waals surface area (Å²) in [6.45, 7) is 2.34. The molecule has 0 bridgehead atoms. The van der Waals surface area contributed by atoms with Crippen LogP contribution in [0.4, 0.5) is 0 Å². The van der Waals surface area contributed by atoms with E-state index < -0.39 is 0 Å². The zero-order valence-corrected chi connectivity index (χ0v) is 9.28. The molecule has 0 fully saturated rings. The molecule has 0 atom stereocenters. The summed E-state index contributed by atoms with van der Waals surface area (Å²) in [5, 5.41) is 17.6. The van der Waals surface area contributed by atoms with Gasteiger partial charge in [0.05, 0.1) is 37.8 Å². The highest BCUT2D eigenvalue weighted by atomic mass is 16.5. The minimum Gasteiger partial charge on any atom is -0.493 e. The molecule has 4 heteroatoms. The van der Waals surface area contributed by atoms with E-state index in [0.717, 1.165) is 0 Å². The van der Waals surface area contributed by atoms with Gasteiger partial charge in [0.2, 0.25) is 0 Å². The van der Waals surface area contributed by atoms with Crippen LogP contribution < -0.4 is 9.47 Å². The zero-order valence-electron chi connectivity index (χ0n) is 9.28. The van der Waals surface area contributed by atoms with Crippen LogP contribution >= 0.6 is 0 Å². The van der Waals surface area contributed by atoms with Crippen molar-refractivity contribution in [3.63, 3.8) is 0 Å². The summed E-state index contributed by atoms with van der Waals surface area (Å²) in [4.78, 5) is 0. The number of nitriles is 2. The predicted molar refractivity (Wildman–Crippen MR) is 58.2 cm³/mol. The molecule has 0 saturated heterocycles. The quantitative estimate of drug-likeness (QED) is 0.772. The number of methoxy groups -OCH3 is 1. The van der Waals surface area contributed by atoms with Gasteiger partial charge >= 0.3 is 0 Å². The number of ether oxygens (including phenoxy) is 2. The van der Waals surface area contributed by atoms with E-state index in [2.05, 4.69) is 0 Å². The number of hydrogen-bond acceptors (Lipinski definition) is 4. The minimum atomic E-state index is 0.196. The van der Waals surface area contributed by atoms with Gasteiger partial charge in [-0.15, -0.1) is 0 Å². The third-order valence-corrected chi connectivity index (χ3v) is 2.04. The van der Waals surface area contributed by atoms with Gasteiger partial charge in [-0.05, 0) is 13.0 Å². The lowest BCUT2D eigenvalue weighted by Crippen LogP contribution is -2.00. The van der Waals surface area contributed by atoms with Crippen LogP contribution in [0, 0.1) is 22.7 Å². The molecule has 0 radical (unpaired) electrons. The van der Waals surface area contributed by atoms with Crippen molar-refractivity contribution < 1.29 is 9.47 Å². The summed E-state index contributed by atoms with van der Waals surface area (Å²) in [6.07, 6.45) is 0.196. The Morgan fingerprint density at radius 3 is 2.56 bits per heavy atom. The molecule has 0 aliphatic carbocycles. The number of benzene rings is 1. The molecule has 0 aliphatic rings. The Labute approximate surface area is 94.6 Å². The summed E-state index contributed by atoms with van der Waals surface area (Å²) >= 11 is 0. The van der Waals surface area contributed by atoms with Crippen LogP contribution in [-0.2, 0) is 6.42 Å². The fourth-order valence-corrected chi connectivity index (χ4v) is 1.40. The maximum Gasteiger partial charge on any atom is 0.165 e. The molecule has 0 heterocycles. The Bertz CT molecular complexity index is 455. The Morgan fingerprint density at radius 1 is 1.31 bits per heavy atom. The number of hydrogen-bond donors (Lipinski definition) is 0. The van der Waals surface area contributed by atoms with Crippen LogP contribution in [0.15, 0.2) is 12.1 Å². The lowest BCUT2D eigenvalue weighted by Gasteiger charge is -2.13. The van der Waals surface area contributed by atoms with Crippen LogP contribution in [0.1, 0.15) is 18.1 Å². The Morgan fingerprint density at radius 2 is 2.06 bits per heavy atom. The number of nitrogens with zero attached hydrogens (tertiary/aromatic N) is 2. The second-order valence-corrected chi connectivity index (χ2v) is 3.05. The van der Waals surface area contributed by atoms with Gasteiger partial charge in [-0.1, -0.05) is 0 Å². The standard InChI is InChI=1S/C12H12N2O2/c1-3-16-12-10(4-5-13)6-9(8-14)7-11(12)15-2/h6-7H,3-4H2,1-2H3. The molecule has 4 nitrogen and oxygen atoms in total. The van der Waals surface area contributed by atoms with Crippen molar-refractivity contribution in [2.75, 3.05) is 13.7 Å². The molecule has 0 unspecified atom stereocenters. The first-order valence-corrected chi connectivity index (χ1v) is 4.87. The Kier molecular flexibility index (Phi) is 4.17. The summed E-state index contributed by atoms with van der Waals surface area (Å²) in [6, 6.07) is 7.32. The second kappa shape index (κ2) is 5.63. The first-order chi connectivity index (χ1) is 7.76. The molecule has 0 aliphatic heterocycles. The molecule has 1 rings (SSSR count).